The van der Waals surface area contributed by atoms with Crippen molar-refractivity contribution in [2.45, 2.75) is 29.7 Å². The van der Waals surface area contributed by atoms with E-state index in [1.54, 1.807) is 0 Å². The Kier molecular flexibility index (Phi) is 1.71. The maximum Gasteiger partial charge on any atom is 0.147 e. The van der Waals surface area contributed by atoms with Crippen LogP contribution in [-0.4, -0.2) is 10.4 Å². The summed E-state index contributed by atoms with van der Waals surface area (Å²) in [4.78, 5) is 0. The first-order chi connectivity index (χ1) is 3.63. The molecule has 0 aromatic carbocycles. The van der Waals surface area contributed by atoms with Crippen molar-refractivity contribution in [1.29, 1.82) is 0 Å². The first-order valence-electron chi connectivity index (χ1n) is 2.66. The van der Waals surface area contributed by atoms with Crippen LogP contribution >= 0.6 is 23.2 Å². The Bertz CT molecular complexity index is 92.4. The molecule has 1 nitrogen and oxygen atoms in total. The molecule has 47 valence electrons. The summed E-state index contributed by atoms with van der Waals surface area (Å²) in [5.74, 6) is 0. The fourth-order valence-corrected chi connectivity index (χ4v) is 1.38. The van der Waals surface area contributed by atoms with Crippen LogP contribution < -0.4 is 0 Å². The lowest BCUT2D eigenvalue weighted by Crippen LogP contribution is -2.22. The minimum atomic E-state index is -0.958. The maximum atomic E-state index is 10.7. The van der Waals surface area contributed by atoms with Gasteiger partial charge in [0.15, 0.2) is 0 Å². The lowest BCUT2D eigenvalue weighted by molar-refractivity contribution is 0.0890. The highest BCUT2D eigenvalue weighted by molar-refractivity contribution is 6.49. The van der Waals surface area contributed by atoms with Crippen LogP contribution in [0.1, 0.15) is 19.3 Å². The van der Waals surface area contributed by atoms with Crippen molar-refractivity contribution in [2.75, 3.05) is 0 Å². The third kappa shape index (κ3) is 1.09. The minimum Gasteiger partial charge on any atom is -0.230 e. The molecule has 0 saturated heterocycles. The maximum absolute atomic E-state index is 10.7. The van der Waals surface area contributed by atoms with Crippen LogP contribution in [0, 0.1) is 0 Å². The van der Waals surface area contributed by atoms with E-state index in [-0.39, 0.29) is 0 Å². The molecule has 0 heterocycles. The predicted octanol–water partition coefficient (Wildman–Crippen LogP) is 2.14. The fourth-order valence-electron chi connectivity index (χ4n) is 0.895. The smallest absolute Gasteiger partial charge is 0.147 e. The second-order valence-electron chi connectivity index (χ2n) is 2.14. The quantitative estimate of drug-likeness (QED) is 0.476. The van der Waals surface area contributed by atoms with Crippen molar-refractivity contribution in [3.63, 3.8) is 0 Å². The lowest BCUT2D eigenvalue weighted by atomic mass is 10.3. The van der Waals surface area contributed by atoms with Gasteiger partial charge in [-0.1, -0.05) is 23.2 Å². The molecule has 1 radical (unpaired) electrons. The molecule has 1 fully saturated rings. The Morgan fingerprint density at radius 2 is 2.12 bits per heavy atom. The van der Waals surface area contributed by atoms with Crippen molar-refractivity contribution in [1.82, 2.24) is 0 Å². The SMILES string of the molecule is [O]C1CCCC1(Cl)Cl. The summed E-state index contributed by atoms with van der Waals surface area (Å²) in [6.45, 7) is 0. The molecule has 0 aliphatic heterocycles. The van der Waals surface area contributed by atoms with Crippen molar-refractivity contribution < 1.29 is 5.11 Å². The zero-order valence-electron chi connectivity index (χ0n) is 4.36. The van der Waals surface area contributed by atoms with Gasteiger partial charge in [0.25, 0.3) is 0 Å². The van der Waals surface area contributed by atoms with Gasteiger partial charge in [0.1, 0.15) is 10.4 Å². The number of rotatable bonds is 0. The molecule has 0 aromatic heterocycles. The highest BCUT2D eigenvalue weighted by Gasteiger charge is 2.39. The first kappa shape index (κ1) is 6.66. The summed E-state index contributed by atoms with van der Waals surface area (Å²) in [5, 5.41) is 10.7. The number of hydrogen-bond acceptors (Lipinski definition) is 0. The zero-order chi connectivity index (χ0) is 6.20. The van der Waals surface area contributed by atoms with Crippen LogP contribution in [-0.2, 0) is 5.11 Å². The number of alkyl halides is 2. The van der Waals surface area contributed by atoms with Gasteiger partial charge in [0.2, 0.25) is 0 Å². The molecule has 1 atom stereocenters. The molecule has 0 N–H and O–H groups in total. The molecule has 1 aliphatic rings. The van der Waals surface area contributed by atoms with Gasteiger partial charge in [-0.15, -0.1) is 0 Å². The van der Waals surface area contributed by atoms with Crippen LogP contribution in [0.15, 0.2) is 0 Å². The Balaban J connectivity index is 2.54. The summed E-state index contributed by atoms with van der Waals surface area (Å²) in [6.07, 6.45) is 1.41. The van der Waals surface area contributed by atoms with Gasteiger partial charge in [-0.3, -0.25) is 0 Å². The Morgan fingerprint density at radius 3 is 2.25 bits per heavy atom. The fraction of sp³-hybridized carbons (Fsp3) is 1.00. The van der Waals surface area contributed by atoms with Crippen LogP contribution in [0.3, 0.4) is 0 Å². The average Bonchev–Trinajstić information content (AvgIpc) is 1.86. The second-order valence-corrected chi connectivity index (χ2v) is 3.68. The molecule has 8 heavy (non-hydrogen) atoms. The van der Waals surface area contributed by atoms with E-state index in [4.69, 9.17) is 23.2 Å². The molecular weight excluding hydrogens is 147 g/mol. The number of hydrogen-bond donors (Lipinski definition) is 0. The summed E-state index contributed by atoms with van der Waals surface area (Å²) < 4.78 is -0.958. The van der Waals surface area contributed by atoms with Gasteiger partial charge < -0.3 is 0 Å². The van der Waals surface area contributed by atoms with Crippen LogP contribution in [0.25, 0.3) is 0 Å². The van der Waals surface area contributed by atoms with Crippen LogP contribution in [0.5, 0.6) is 0 Å². The normalized spacial score (nSPS) is 35.6. The van der Waals surface area contributed by atoms with E-state index in [0.717, 1.165) is 6.42 Å². The Morgan fingerprint density at radius 1 is 1.50 bits per heavy atom. The lowest BCUT2D eigenvalue weighted by Gasteiger charge is -2.12. The van der Waals surface area contributed by atoms with E-state index < -0.39 is 10.4 Å². The topological polar surface area (TPSA) is 19.9 Å². The van der Waals surface area contributed by atoms with E-state index in [1.807, 2.05) is 0 Å². The summed E-state index contributed by atoms with van der Waals surface area (Å²) >= 11 is 11.1. The summed E-state index contributed by atoms with van der Waals surface area (Å²) in [7, 11) is 0. The zero-order valence-corrected chi connectivity index (χ0v) is 5.87. The van der Waals surface area contributed by atoms with Crippen LogP contribution in [0.2, 0.25) is 0 Å². The van der Waals surface area contributed by atoms with E-state index >= 15 is 0 Å². The predicted molar refractivity (Wildman–Crippen MR) is 32.8 cm³/mol. The molecule has 1 saturated carbocycles. The molecule has 3 heteroatoms. The monoisotopic (exact) mass is 153 g/mol. The van der Waals surface area contributed by atoms with E-state index in [1.165, 1.54) is 0 Å². The molecule has 1 unspecified atom stereocenters. The Hall–Kier alpha value is 0.540. The van der Waals surface area contributed by atoms with Gasteiger partial charge in [0, 0.05) is 0 Å². The molecule has 1 aliphatic carbocycles. The molecule has 0 spiro atoms. The summed E-state index contributed by atoms with van der Waals surface area (Å²) in [5.41, 5.74) is 0. The minimum absolute atomic E-state index is 0.632. The number of halogens is 2. The van der Waals surface area contributed by atoms with E-state index in [0.29, 0.717) is 12.8 Å². The van der Waals surface area contributed by atoms with E-state index in [2.05, 4.69) is 0 Å². The molecule has 1 rings (SSSR count). The first-order valence-corrected chi connectivity index (χ1v) is 3.42. The average molecular weight is 154 g/mol. The highest BCUT2D eigenvalue weighted by Crippen LogP contribution is 2.39. The van der Waals surface area contributed by atoms with Gasteiger partial charge >= 0.3 is 0 Å². The van der Waals surface area contributed by atoms with Gasteiger partial charge in [-0.2, -0.15) is 0 Å². The van der Waals surface area contributed by atoms with E-state index in [9.17, 15) is 5.11 Å². The van der Waals surface area contributed by atoms with Crippen molar-refractivity contribution in [3.8, 4) is 0 Å². The van der Waals surface area contributed by atoms with Gasteiger partial charge in [-0.05, 0) is 19.3 Å². The summed E-state index contributed by atoms with van der Waals surface area (Å²) in [6, 6.07) is 0. The van der Waals surface area contributed by atoms with Crippen molar-refractivity contribution in [3.05, 3.63) is 0 Å². The van der Waals surface area contributed by atoms with Gasteiger partial charge in [0.05, 0.1) is 0 Å². The third-order valence-corrected chi connectivity index (χ3v) is 2.31. The third-order valence-electron chi connectivity index (χ3n) is 1.45. The molecule has 0 aromatic rings. The standard InChI is InChI=1S/C5H7Cl2O/c6-5(7)3-1-2-4(5)8/h4H,1-3H2. The van der Waals surface area contributed by atoms with Crippen LogP contribution in [0.4, 0.5) is 0 Å². The second kappa shape index (κ2) is 2.05. The van der Waals surface area contributed by atoms with Crippen molar-refractivity contribution >= 4 is 23.2 Å². The molecule has 0 bridgehead atoms. The highest BCUT2D eigenvalue weighted by atomic mass is 35.5. The van der Waals surface area contributed by atoms with Gasteiger partial charge in [-0.25, -0.2) is 5.11 Å². The Labute approximate surface area is 58.6 Å². The molecule has 0 amide bonds. The van der Waals surface area contributed by atoms with Crippen molar-refractivity contribution in [2.24, 2.45) is 0 Å². The largest absolute Gasteiger partial charge is 0.230 e. The molecular formula is C5H7Cl2O.